The van der Waals surface area contributed by atoms with E-state index >= 15 is 0 Å². The third-order valence-corrected chi connectivity index (χ3v) is 4.81. The minimum Gasteiger partial charge on any atom is -0.458 e. The zero-order valence-electron chi connectivity index (χ0n) is 9.56. The lowest BCUT2D eigenvalue weighted by Gasteiger charge is -2.25. The molecule has 1 fully saturated rings. The fourth-order valence-electron chi connectivity index (χ4n) is 1.79. The fraction of sp³-hybridized carbons (Fsp3) is 0.500. The Morgan fingerprint density at radius 2 is 2.00 bits per heavy atom. The van der Waals surface area contributed by atoms with Gasteiger partial charge in [0.05, 0.1) is 10.7 Å². The van der Waals surface area contributed by atoms with Crippen LogP contribution in [-0.4, -0.2) is 31.7 Å². The molecule has 1 saturated heterocycles. The summed E-state index contributed by atoms with van der Waals surface area (Å²) in [4.78, 5) is 11.7. The summed E-state index contributed by atoms with van der Waals surface area (Å²) in [6.45, 7) is 0.893. The van der Waals surface area contributed by atoms with Crippen molar-refractivity contribution < 1.29 is 17.6 Å². The maximum absolute atomic E-state index is 11.9. The number of nitrogens with one attached hydrogen (secondary N) is 1. The van der Waals surface area contributed by atoms with E-state index in [1.54, 1.807) is 0 Å². The molecule has 0 saturated carbocycles. The number of nitrogens with zero attached hydrogens (tertiary/aromatic N) is 1. The van der Waals surface area contributed by atoms with Crippen LogP contribution in [0.2, 0.25) is 0 Å². The molecule has 2 heterocycles. The van der Waals surface area contributed by atoms with Gasteiger partial charge in [-0.3, -0.25) is 4.79 Å². The van der Waals surface area contributed by atoms with Crippen LogP contribution in [0.3, 0.4) is 0 Å². The molecule has 0 atom stereocenters. The molecule has 1 aromatic rings. The van der Waals surface area contributed by atoms with Crippen molar-refractivity contribution in [3.8, 4) is 0 Å². The van der Waals surface area contributed by atoms with E-state index in [2.05, 4.69) is 15.9 Å². The van der Waals surface area contributed by atoms with Gasteiger partial charge < -0.3 is 4.42 Å². The number of hydrogen-bond donors (Lipinski definition) is 1. The van der Waals surface area contributed by atoms with E-state index in [0.29, 0.717) is 17.6 Å². The molecule has 1 aliphatic heterocycles. The summed E-state index contributed by atoms with van der Waals surface area (Å²) in [5, 5.41) is 0. The van der Waals surface area contributed by atoms with E-state index in [4.69, 9.17) is 4.42 Å². The van der Waals surface area contributed by atoms with Gasteiger partial charge in [-0.15, -0.1) is 0 Å². The molecule has 0 spiro atoms. The smallest absolute Gasteiger partial charge is 0.304 e. The lowest BCUT2D eigenvalue weighted by Crippen LogP contribution is -2.45. The van der Waals surface area contributed by atoms with E-state index in [9.17, 15) is 13.2 Å². The lowest BCUT2D eigenvalue weighted by atomic mass is 10.2. The van der Waals surface area contributed by atoms with E-state index < -0.39 is 16.1 Å². The Hall–Kier alpha value is -0.860. The van der Waals surface area contributed by atoms with Gasteiger partial charge in [-0.25, -0.2) is 4.72 Å². The maximum Gasteiger partial charge on any atom is 0.304 e. The van der Waals surface area contributed by atoms with Crippen molar-refractivity contribution in [2.45, 2.75) is 19.3 Å². The highest BCUT2D eigenvalue weighted by Crippen LogP contribution is 2.18. The summed E-state index contributed by atoms with van der Waals surface area (Å²) >= 11 is 3.11. The fourth-order valence-corrected chi connectivity index (χ4v) is 3.37. The summed E-state index contributed by atoms with van der Waals surface area (Å²) in [6, 6.07) is 1.53. The van der Waals surface area contributed by atoms with E-state index in [1.807, 2.05) is 4.72 Å². The van der Waals surface area contributed by atoms with Gasteiger partial charge in [-0.05, 0) is 34.8 Å². The molecular formula is C10H13BrN2O4S. The Kier molecular flexibility index (Phi) is 4.08. The molecule has 0 radical (unpaired) electrons. The van der Waals surface area contributed by atoms with E-state index in [1.165, 1.54) is 16.6 Å². The van der Waals surface area contributed by atoms with Crippen LogP contribution in [0.25, 0.3) is 0 Å². The van der Waals surface area contributed by atoms with Gasteiger partial charge >= 0.3 is 16.1 Å². The monoisotopic (exact) mass is 336 g/mol. The second-order valence-electron chi connectivity index (χ2n) is 3.99. The Labute approximate surface area is 114 Å². The summed E-state index contributed by atoms with van der Waals surface area (Å²) in [5.41, 5.74) is 0. The minimum absolute atomic E-state index is 0.0458. The van der Waals surface area contributed by atoms with E-state index in [-0.39, 0.29) is 5.76 Å². The summed E-state index contributed by atoms with van der Waals surface area (Å²) < 4.78 is 32.5. The molecule has 1 amide bonds. The van der Waals surface area contributed by atoms with Crippen molar-refractivity contribution in [2.24, 2.45) is 0 Å². The first-order chi connectivity index (χ1) is 8.50. The third-order valence-electron chi connectivity index (χ3n) is 2.70. The van der Waals surface area contributed by atoms with Crippen LogP contribution in [0, 0.1) is 0 Å². The SMILES string of the molecule is O=C(NS(=O)(=O)N1CCCCC1)c1occc1Br. The van der Waals surface area contributed by atoms with Gasteiger partial charge in [-0.1, -0.05) is 6.42 Å². The van der Waals surface area contributed by atoms with Crippen LogP contribution < -0.4 is 4.72 Å². The quantitative estimate of drug-likeness (QED) is 0.907. The second-order valence-corrected chi connectivity index (χ2v) is 6.52. The Bertz CT molecular complexity index is 534. The van der Waals surface area contributed by atoms with Crippen LogP contribution in [0.15, 0.2) is 21.2 Å². The topological polar surface area (TPSA) is 79.6 Å². The van der Waals surface area contributed by atoms with Crippen LogP contribution in [0.4, 0.5) is 0 Å². The number of amides is 1. The summed E-state index contributed by atoms with van der Waals surface area (Å²) in [6.07, 6.45) is 3.97. The highest BCUT2D eigenvalue weighted by Gasteiger charge is 2.27. The van der Waals surface area contributed by atoms with Crippen LogP contribution in [0.5, 0.6) is 0 Å². The van der Waals surface area contributed by atoms with Crippen molar-refractivity contribution in [1.82, 2.24) is 9.03 Å². The summed E-state index contributed by atoms with van der Waals surface area (Å²) in [7, 11) is -3.77. The minimum atomic E-state index is -3.77. The number of hydrogen-bond acceptors (Lipinski definition) is 4. The number of piperidine rings is 1. The highest BCUT2D eigenvalue weighted by molar-refractivity contribution is 9.10. The third kappa shape index (κ3) is 2.93. The standard InChI is InChI=1S/C10H13BrN2O4S/c11-8-4-7-17-9(8)10(14)12-18(15,16)13-5-2-1-3-6-13/h4,7H,1-3,5-6H2,(H,12,14). The normalized spacial score (nSPS) is 17.6. The first kappa shape index (κ1) is 13.6. The number of carbonyl (C=O) groups excluding carboxylic acids is 1. The van der Waals surface area contributed by atoms with Crippen LogP contribution in [0.1, 0.15) is 29.8 Å². The predicted octanol–water partition coefficient (Wildman–Crippen LogP) is 1.50. The largest absolute Gasteiger partial charge is 0.458 e. The van der Waals surface area contributed by atoms with Gasteiger partial charge in [-0.2, -0.15) is 12.7 Å². The van der Waals surface area contributed by atoms with Gasteiger partial charge in [0.1, 0.15) is 0 Å². The number of carbonyl (C=O) groups is 1. The first-order valence-corrected chi connectivity index (χ1v) is 7.79. The van der Waals surface area contributed by atoms with Crippen molar-refractivity contribution in [2.75, 3.05) is 13.1 Å². The Morgan fingerprint density at radius 1 is 1.33 bits per heavy atom. The number of halogens is 1. The van der Waals surface area contributed by atoms with E-state index in [0.717, 1.165) is 19.3 Å². The predicted molar refractivity (Wildman–Crippen MR) is 68.2 cm³/mol. The van der Waals surface area contributed by atoms with Gasteiger partial charge in [0.25, 0.3) is 0 Å². The zero-order valence-corrected chi connectivity index (χ0v) is 12.0. The van der Waals surface area contributed by atoms with Crippen molar-refractivity contribution >= 4 is 32.0 Å². The molecule has 18 heavy (non-hydrogen) atoms. The maximum atomic E-state index is 11.9. The molecule has 2 rings (SSSR count). The molecular weight excluding hydrogens is 324 g/mol. The van der Waals surface area contributed by atoms with Crippen molar-refractivity contribution in [3.63, 3.8) is 0 Å². The zero-order chi connectivity index (χ0) is 13.2. The van der Waals surface area contributed by atoms with Crippen LogP contribution >= 0.6 is 15.9 Å². The van der Waals surface area contributed by atoms with Gasteiger partial charge in [0, 0.05) is 13.1 Å². The molecule has 1 aliphatic rings. The molecule has 0 bridgehead atoms. The molecule has 0 aromatic carbocycles. The molecule has 1 N–H and O–H groups in total. The molecule has 100 valence electrons. The molecule has 0 aliphatic carbocycles. The number of rotatable bonds is 3. The van der Waals surface area contributed by atoms with Crippen LogP contribution in [-0.2, 0) is 10.2 Å². The average Bonchev–Trinajstić information content (AvgIpc) is 2.76. The second kappa shape index (κ2) is 5.41. The van der Waals surface area contributed by atoms with Gasteiger partial charge in [0.2, 0.25) is 5.76 Å². The number of furan rings is 1. The molecule has 1 aromatic heterocycles. The summed E-state index contributed by atoms with van der Waals surface area (Å²) in [5.74, 6) is -0.812. The molecule has 8 heteroatoms. The molecule has 0 unspecified atom stereocenters. The highest BCUT2D eigenvalue weighted by atomic mass is 79.9. The van der Waals surface area contributed by atoms with Crippen molar-refractivity contribution in [1.29, 1.82) is 0 Å². The molecule has 6 nitrogen and oxygen atoms in total. The Balaban J connectivity index is 2.08. The Morgan fingerprint density at radius 3 is 2.56 bits per heavy atom. The lowest BCUT2D eigenvalue weighted by molar-refractivity contribution is 0.0950. The average molecular weight is 337 g/mol. The van der Waals surface area contributed by atoms with Crippen molar-refractivity contribution in [3.05, 3.63) is 22.6 Å². The first-order valence-electron chi connectivity index (χ1n) is 5.56. The van der Waals surface area contributed by atoms with Gasteiger partial charge in [0.15, 0.2) is 0 Å².